The number of hydrogen-bond donors (Lipinski definition) is 1. The highest BCUT2D eigenvalue weighted by Crippen LogP contribution is 2.25. The number of morpholine rings is 1. The first-order valence-corrected chi connectivity index (χ1v) is 15.5. The number of carbonyl (C=O) groups excluding carboxylic acids is 1. The minimum Gasteiger partial charge on any atom is -0.379 e. The predicted octanol–water partition coefficient (Wildman–Crippen LogP) is 3.51. The second kappa shape index (κ2) is 11.2. The molecule has 0 spiro atoms. The lowest BCUT2D eigenvalue weighted by Gasteiger charge is -2.26. The van der Waals surface area contributed by atoms with Gasteiger partial charge in [0.05, 0.1) is 28.7 Å². The highest BCUT2D eigenvalue weighted by Gasteiger charge is 2.26. The maximum absolute atomic E-state index is 13.0. The first kappa shape index (κ1) is 27.1. The van der Waals surface area contributed by atoms with Crippen LogP contribution < -0.4 is 9.62 Å². The first-order valence-electron chi connectivity index (χ1n) is 11.4. The van der Waals surface area contributed by atoms with Crippen LogP contribution in [0.25, 0.3) is 0 Å². The second-order valence-electron chi connectivity index (χ2n) is 8.19. The van der Waals surface area contributed by atoms with Crippen LogP contribution in [0.15, 0.2) is 87.5 Å². The fraction of sp³-hybridized carbons (Fsp3) is 0.240. The van der Waals surface area contributed by atoms with Gasteiger partial charge in [0.2, 0.25) is 10.0 Å². The van der Waals surface area contributed by atoms with E-state index in [1.54, 1.807) is 36.4 Å². The molecule has 0 radical (unpaired) electrons. The molecule has 9 nitrogen and oxygen atoms in total. The number of sulfonamides is 2. The number of thioether (sulfide) groups is 1. The molecule has 3 aromatic rings. The standard InChI is InChI=1S/C25H27N3O6S3/c1-27(36(30,31)23-13-9-22(35-2)10-14-23)21-7-3-19(4-8-21)25(29)26-20-5-11-24(12-6-20)37(32,33)28-15-17-34-18-16-28/h3-14H,15-18H2,1-2H3,(H,26,29). The van der Waals surface area contributed by atoms with Crippen molar-refractivity contribution >= 4 is 49.1 Å². The number of carbonyl (C=O) groups is 1. The zero-order valence-electron chi connectivity index (χ0n) is 20.3. The lowest BCUT2D eigenvalue weighted by atomic mass is 10.2. The number of hydrogen-bond acceptors (Lipinski definition) is 7. The smallest absolute Gasteiger partial charge is 0.264 e. The van der Waals surface area contributed by atoms with Crippen molar-refractivity contribution in [3.63, 3.8) is 0 Å². The first-order chi connectivity index (χ1) is 17.6. The van der Waals surface area contributed by atoms with E-state index < -0.39 is 26.0 Å². The van der Waals surface area contributed by atoms with E-state index in [2.05, 4.69) is 5.32 Å². The van der Waals surface area contributed by atoms with Crippen LogP contribution in [0.2, 0.25) is 0 Å². The summed E-state index contributed by atoms with van der Waals surface area (Å²) in [5.41, 5.74) is 1.16. The Balaban J connectivity index is 1.42. The largest absolute Gasteiger partial charge is 0.379 e. The number of anilines is 2. The summed E-state index contributed by atoms with van der Waals surface area (Å²) >= 11 is 1.53. The van der Waals surface area contributed by atoms with Gasteiger partial charge in [-0.25, -0.2) is 16.8 Å². The molecule has 0 unspecified atom stereocenters. The molecule has 0 bridgehead atoms. The van der Waals surface area contributed by atoms with E-state index in [9.17, 15) is 21.6 Å². The zero-order valence-corrected chi connectivity index (χ0v) is 22.8. The molecule has 37 heavy (non-hydrogen) atoms. The second-order valence-corrected chi connectivity index (χ2v) is 13.0. The van der Waals surface area contributed by atoms with E-state index in [0.29, 0.717) is 43.2 Å². The quantitative estimate of drug-likeness (QED) is 0.419. The molecule has 1 aliphatic heterocycles. The van der Waals surface area contributed by atoms with Gasteiger partial charge >= 0.3 is 0 Å². The summed E-state index contributed by atoms with van der Waals surface area (Å²) in [6, 6.07) is 18.8. The van der Waals surface area contributed by atoms with Gasteiger partial charge < -0.3 is 10.1 Å². The van der Waals surface area contributed by atoms with E-state index in [1.165, 1.54) is 59.5 Å². The van der Waals surface area contributed by atoms with Gasteiger partial charge in [-0.1, -0.05) is 0 Å². The summed E-state index contributed by atoms with van der Waals surface area (Å²) in [5.74, 6) is -0.409. The fourth-order valence-electron chi connectivity index (χ4n) is 3.72. The van der Waals surface area contributed by atoms with Crippen molar-refractivity contribution < 1.29 is 26.4 Å². The van der Waals surface area contributed by atoms with Crippen molar-refractivity contribution in [2.24, 2.45) is 0 Å². The maximum atomic E-state index is 13.0. The highest BCUT2D eigenvalue weighted by molar-refractivity contribution is 7.98. The molecular formula is C25H27N3O6S3. The number of amides is 1. The molecule has 196 valence electrons. The fourth-order valence-corrected chi connectivity index (χ4v) is 6.73. The van der Waals surface area contributed by atoms with Crippen LogP contribution in [0.3, 0.4) is 0 Å². The minimum absolute atomic E-state index is 0.143. The Bertz CT molecular complexity index is 1450. The van der Waals surface area contributed by atoms with E-state index in [0.717, 1.165) is 9.20 Å². The summed E-state index contributed by atoms with van der Waals surface area (Å²) in [4.78, 5) is 14.0. The van der Waals surface area contributed by atoms with Crippen molar-refractivity contribution in [3.8, 4) is 0 Å². The van der Waals surface area contributed by atoms with Crippen molar-refractivity contribution in [2.75, 3.05) is 49.2 Å². The molecule has 12 heteroatoms. The van der Waals surface area contributed by atoms with Crippen LogP contribution in [0, 0.1) is 0 Å². The average molecular weight is 562 g/mol. The predicted molar refractivity (Wildman–Crippen MR) is 144 cm³/mol. The van der Waals surface area contributed by atoms with Crippen molar-refractivity contribution in [1.82, 2.24) is 4.31 Å². The van der Waals surface area contributed by atoms with Gasteiger partial charge in [0, 0.05) is 36.3 Å². The van der Waals surface area contributed by atoms with Crippen LogP contribution in [0.4, 0.5) is 11.4 Å². The topological polar surface area (TPSA) is 113 Å². The van der Waals surface area contributed by atoms with Gasteiger partial charge in [-0.15, -0.1) is 11.8 Å². The Morgan fingerprint density at radius 2 is 1.43 bits per heavy atom. The number of nitrogens with one attached hydrogen (secondary N) is 1. The van der Waals surface area contributed by atoms with Gasteiger partial charge in [-0.3, -0.25) is 9.10 Å². The molecule has 1 fully saturated rings. The lowest BCUT2D eigenvalue weighted by molar-refractivity contribution is 0.0730. The molecule has 4 rings (SSSR count). The van der Waals surface area contributed by atoms with E-state index in [-0.39, 0.29) is 9.79 Å². The molecule has 0 aliphatic carbocycles. The molecule has 0 aromatic heterocycles. The van der Waals surface area contributed by atoms with Gasteiger partial charge in [0.1, 0.15) is 0 Å². The monoisotopic (exact) mass is 561 g/mol. The van der Waals surface area contributed by atoms with Crippen LogP contribution in [-0.2, 0) is 24.8 Å². The molecule has 1 N–H and O–H groups in total. The summed E-state index contributed by atoms with van der Waals surface area (Å²) < 4.78 is 59.2. The molecule has 1 aliphatic rings. The van der Waals surface area contributed by atoms with Crippen molar-refractivity contribution in [3.05, 3.63) is 78.4 Å². The summed E-state index contributed by atoms with van der Waals surface area (Å²) in [5, 5.41) is 2.73. The van der Waals surface area contributed by atoms with Gasteiger partial charge in [0.25, 0.3) is 15.9 Å². The van der Waals surface area contributed by atoms with Gasteiger partial charge in [0.15, 0.2) is 0 Å². The maximum Gasteiger partial charge on any atom is 0.264 e. The van der Waals surface area contributed by atoms with E-state index in [4.69, 9.17) is 4.74 Å². The molecular weight excluding hydrogens is 534 g/mol. The number of benzene rings is 3. The minimum atomic E-state index is -3.76. The molecule has 0 saturated carbocycles. The van der Waals surface area contributed by atoms with E-state index in [1.807, 2.05) is 6.26 Å². The molecule has 0 atom stereocenters. The number of rotatable bonds is 8. The zero-order chi connectivity index (χ0) is 26.6. The van der Waals surface area contributed by atoms with Crippen molar-refractivity contribution in [2.45, 2.75) is 14.7 Å². The van der Waals surface area contributed by atoms with Gasteiger partial charge in [-0.05, 0) is 79.1 Å². The van der Waals surface area contributed by atoms with Crippen LogP contribution in [0.5, 0.6) is 0 Å². The SMILES string of the molecule is CSc1ccc(S(=O)(=O)N(C)c2ccc(C(=O)Nc3ccc(S(=O)(=O)N4CCOCC4)cc3)cc2)cc1. The van der Waals surface area contributed by atoms with Crippen LogP contribution in [0.1, 0.15) is 10.4 Å². The Hall–Kier alpha value is -2.90. The Morgan fingerprint density at radius 1 is 0.865 bits per heavy atom. The molecule has 1 heterocycles. The summed E-state index contributed by atoms with van der Waals surface area (Å²) in [6.07, 6.45) is 1.92. The highest BCUT2D eigenvalue weighted by atomic mass is 32.2. The third-order valence-electron chi connectivity index (χ3n) is 5.93. The van der Waals surface area contributed by atoms with Crippen LogP contribution >= 0.6 is 11.8 Å². The Labute approximate surface area is 221 Å². The summed E-state index contributed by atoms with van der Waals surface area (Å²) in [7, 11) is -5.92. The van der Waals surface area contributed by atoms with E-state index >= 15 is 0 Å². The normalized spacial score (nSPS) is 14.8. The van der Waals surface area contributed by atoms with Gasteiger partial charge in [-0.2, -0.15) is 4.31 Å². The third-order valence-corrected chi connectivity index (χ3v) is 10.4. The summed E-state index contributed by atoms with van der Waals surface area (Å²) in [6.45, 7) is 1.33. The lowest BCUT2D eigenvalue weighted by Crippen LogP contribution is -2.40. The third kappa shape index (κ3) is 5.99. The number of nitrogens with zero attached hydrogens (tertiary/aromatic N) is 2. The van der Waals surface area contributed by atoms with Crippen molar-refractivity contribution in [1.29, 1.82) is 0 Å². The molecule has 1 saturated heterocycles. The van der Waals surface area contributed by atoms with Crippen LogP contribution in [-0.4, -0.2) is 66.7 Å². The Kier molecular flexibility index (Phi) is 8.24. The Morgan fingerprint density at radius 3 is 2.00 bits per heavy atom. The average Bonchev–Trinajstić information content (AvgIpc) is 2.93. The number of ether oxygens (including phenoxy) is 1. The molecule has 1 amide bonds. The molecule has 3 aromatic carbocycles.